The van der Waals surface area contributed by atoms with Gasteiger partial charge < -0.3 is 0 Å². The summed E-state index contributed by atoms with van der Waals surface area (Å²) < 4.78 is 27.0. The molecule has 0 atom stereocenters. The molecule has 0 aliphatic heterocycles. The SMILES string of the molecule is C=CCCCC(=O)c1c(F)cc(Br)cc1F. The maximum atomic E-state index is 13.4. The van der Waals surface area contributed by atoms with Gasteiger partial charge in [-0.05, 0) is 25.0 Å². The first-order valence-electron chi connectivity index (χ1n) is 4.85. The Kier molecular flexibility index (Phi) is 4.80. The zero-order valence-electron chi connectivity index (χ0n) is 8.60. The molecule has 0 aromatic heterocycles. The van der Waals surface area contributed by atoms with E-state index in [0.29, 0.717) is 12.8 Å². The lowest BCUT2D eigenvalue weighted by molar-refractivity contribution is 0.0972. The third-order valence-electron chi connectivity index (χ3n) is 2.10. The van der Waals surface area contributed by atoms with Crippen LogP contribution in [0.15, 0.2) is 29.3 Å². The van der Waals surface area contributed by atoms with Crippen LogP contribution in [0.2, 0.25) is 0 Å². The van der Waals surface area contributed by atoms with Crippen LogP contribution in [-0.4, -0.2) is 5.78 Å². The van der Waals surface area contributed by atoms with Gasteiger partial charge in [-0.25, -0.2) is 8.78 Å². The number of hydrogen-bond donors (Lipinski definition) is 0. The molecule has 0 amide bonds. The lowest BCUT2D eigenvalue weighted by Gasteiger charge is -2.04. The Labute approximate surface area is 101 Å². The van der Waals surface area contributed by atoms with Crippen molar-refractivity contribution in [1.29, 1.82) is 0 Å². The molecule has 16 heavy (non-hydrogen) atoms. The second-order valence-corrected chi connectivity index (χ2v) is 4.26. The number of hydrogen-bond acceptors (Lipinski definition) is 1. The summed E-state index contributed by atoms with van der Waals surface area (Å²) in [5.41, 5.74) is -0.452. The fourth-order valence-corrected chi connectivity index (χ4v) is 1.74. The molecule has 1 rings (SSSR count). The van der Waals surface area contributed by atoms with E-state index in [1.807, 2.05) is 0 Å². The molecule has 0 heterocycles. The van der Waals surface area contributed by atoms with Gasteiger partial charge in [-0.1, -0.05) is 22.0 Å². The number of ketones is 1. The zero-order chi connectivity index (χ0) is 12.1. The normalized spacial score (nSPS) is 10.2. The Morgan fingerprint density at radius 3 is 2.44 bits per heavy atom. The second-order valence-electron chi connectivity index (χ2n) is 3.35. The Balaban J connectivity index is 2.86. The molecule has 0 N–H and O–H groups in total. The second kappa shape index (κ2) is 5.89. The molecule has 0 saturated carbocycles. The minimum absolute atomic E-state index is 0.126. The van der Waals surface area contributed by atoms with Crippen LogP contribution in [0, 0.1) is 11.6 Å². The van der Waals surface area contributed by atoms with Crippen LogP contribution in [-0.2, 0) is 0 Å². The minimum Gasteiger partial charge on any atom is -0.294 e. The third-order valence-corrected chi connectivity index (χ3v) is 2.56. The van der Waals surface area contributed by atoms with Gasteiger partial charge >= 0.3 is 0 Å². The van der Waals surface area contributed by atoms with Crippen molar-refractivity contribution in [2.45, 2.75) is 19.3 Å². The summed E-state index contributed by atoms with van der Waals surface area (Å²) in [6.45, 7) is 3.51. The van der Waals surface area contributed by atoms with Gasteiger partial charge in [0.25, 0.3) is 0 Å². The maximum Gasteiger partial charge on any atom is 0.168 e. The molecule has 1 aromatic rings. The number of unbranched alkanes of at least 4 members (excludes halogenated alkanes) is 1. The summed E-state index contributed by atoms with van der Waals surface area (Å²) >= 11 is 2.96. The molecule has 0 fully saturated rings. The van der Waals surface area contributed by atoms with Crippen molar-refractivity contribution in [2.24, 2.45) is 0 Å². The molecular formula is C12H11BrF2O. The standard InChI is InChI=1S/C12H11BrF2O/c1-2-3-4-5-11(16)12-9(14)6-8(13)7-10(12)15/h2,6-7H,1,3-5H2. The van der Waals surface area contributed by atoms with Crippen LogP contribution in [0.4, 0.5) is 8.78 Å². The van der Waals surface area contributed by atoms with Crippen molar-refractivity contribution < 1.29 is 13.6 Å². The molecule has 0 saturated heterocycles. The number of Topliss-reactive ketones (excluding diaryl/α,β-unsaturated/α-hetero) is 1. The molecular weight excluding hydrogens is 278 g/mol. The average Bonchev–Trinajstić information content (AvgIpc) is 2.16. The quantitative estimate of drug-likeness (QED) is 0.449. The van der Waals surface area contributed by atoms with Crippen molar-refractivity contribution in [1.82, 2.24) is 0 Å². The van der Waals surface area contributed by atoms with Gasteiger partial charge in [-0.3, -0.25) is 4.79 Å². The van der Waals surface area contributed by atoms with E-state index < -0.39 is 23.0 Å². The fraction of sp³-hybridized carbons (Fsp3) is 0.250. The van der Waals surface area contributed by atoms with E-state index >= 15 is 0 Å². The molecule has 4 heteroatoms. The fourth-order valence-electron chi connectivity index (χ4n) is 1.34. The van der Waals surface area contributed by atoms with Crippen molar-refractivity contribution in [3.05, 3.63) is 46.5 Å². The lowest BCUT2D eigenvalue weighted by Crippen LogP contribution is -2.06. The highest BCUT2D eigenvalue weighted by Crippen LogP contribution is 2.21. The molecule has 0 spiro atoms. The Morgan fingerprint density at radius 2 is 1.94 bits per heavy atom. The number of carbonyl (C=O) groups excluding carboxylic acids is 1. The Hall–Kier alpha value is -1.03. The monoisotopic (exact) mass is 288 g/mol. The molecule has 1 nitrogen and oxygen atoms in total. The van der Waals surface area contributed by atoms with E-state index in [1.165, 1.54) is 0 Å². The number of halogens is 3. The molecule has 0 aliphatic rings. The van der Waals surface area contributed by atoms with E-state index in [9.17, 15) is 13.6 Å². The number of benzene rings is 1. The van der Waals surface area contributed by atoms with Crippen LogP contribution in [0.5, 0.6) is 0 Å². The van der Waals surface area contributed by atoms with Crippen molar-refractivity contribution in [3.8, 4) is 0 Å². The van der Waals surface area contributed by atoms with Crippen LogP contribution in [0.3, 0.4) is 0 Å². The molecule has 1 aromatic carbocycles. The van der Waals surface area contributed by atoms with E-state index in [0.717, 1.165) is 12.1 Å². The summed E-state index contributed by atoms with van der Waals surface area (Å²) in [6.07, 6.45) is 3.01. The number of carbonyl (C=O) groups is 1. The summed E-state index contributed by atoms with van der Waals surface area (Å²) in [5, 5.41) is 0. The van der Waals surface area contributed by atoms with Crippen LogP contribution < -0.4 is 0 Å². The number of rotatable bonds is 5. The van der Waals surface area contributed by atoms with E-state index in [2.05, 4.69) is 22.5 Å². The lowest BCUT2D eigenvalue weighted by atomic mass is 10.0. The first-order chi connectivity index (χ1) is 7.56. The highest BCUT2D eigenvalue weighted by atomic mass is 79.9. The molecule has 0 radical (unpaired) electrons. The van der Waals surface area contributed by atoms with E-state index in [4.69, 9.17) is 0 Å². The highest BCUT2D eigenvalue weighted by molar-refractivity contribution is 9.10. The Bertz CT molecular complexity index is 392. The van der Waals surface area contributed by atoms with Crippen molar-refractivity contribution >= 4 is 21.7 Å². The topological polar surface area (TPSA) is 17.1 Å². The Morgan fingerprint density at radius 1 is 1.38 bits per heavy atom. The third kappa shape index (κ3) is 3.23. The zero-order valence-corrected chi connectivity index (χ0v) is 10.2. The van der Waals surface area contributed by atoms with Gasteiger partial charge in [0.15, 0.2) is 5.78 Å². The summed E-state index contributed by atoms with van der Waals surface area (Å²) in [5.74, 6) is -2.16. The largest absolute Gasteiger partial charge is 0.294 e. The minimum atomic E-state index is -0.824. The van der Waals surface area contributed by atoms with Crippen LogP contribution in [0.25, 0.3) is 0 Å². The van der Waals surface area contributed by atoms with Crippen LogP contribution in [0.1, 0.15) is 29.6 Å². The first kappa shape index (κ1) is 13.0. The van der Waals surface area contributed by atoms with Gasteiger partial charge in [0.05, 0.1) is 5.56 Å². The van der Waals surface area contributed by atoms with Crippen molar-refractivity contribution in [2.75, 3.05) is 0 Å². The van der Waals surface area contributed by atoms with Gasteiger partial charge in [-0.15, -0.1) is 6.58 Å². The summed E-state index contributed by atoms with van der Waals surface area (Å²) in [7, 11) is 0. The molecule has 86 valence electrons. The van der Waals surface area contributed by atoms with Gasteiger partial charge in [0.1, 0.15) is 11.6 Å². The molecule has 0 aliphatic carbocycles. The van der Waals surface area contributed by atoms with Crippen molar-refractivity contribution in [3.63, 3.8) is 0 Å². The smallest absolute Gasteiger partial charge is 0.168 e. The van der Waals surface area contributed by atoms with Gasteiger partial charge in [0, 0.05) is 10.9 Å². The summed E-state index contributed by atoms with van der Waals surface area (Å²) in [4.78, 5) is 11.5. The van der Waals surface area contributed by atoms with Gasteiger partial charge in [0.2, 0.25) is 0 Å². The average molecular weight is 289 g/mol. The highest BCUT2D eigenvalue weighted by Gasteiger charge is 2.17. The molecule has 0 bridgehead atoms. The van der Waals surface area contributed by atoms with E-state index in [1.54, 1.807) is 6.08 Å². The molecule has 0 unspecified atom stereocenters. The van der Waals surface area contributed by atoms with E-state index in [-0.39, 0.29) is 10.9 Å². The predicted octanol–water partition coefficient (Wildman–Crippen LogP) is 4.27. The first-order valence-corrected chi connectivity index (χ1v) is 5.64. The predicted molar refractivity (Wildman–Crippen MR) is 62.4 cm³/mol. The summed E-state index contributed by atoms with van der Waals surface area (Å²) in [6, 6.07) is 2.17. The van der Waals surface area contributed by atoms with Crippen LogP contribution >= 0.6 is 15.9 Å². The number of allylic oxidation sites excluding steroid dienone is 1. The van der Waals surface area contributed by atoms with Gasteiger partial charge in [-0.2, -0.15) is 0 Å². The maximum absolute atomic E-state index is 13.4.